The largest absolute Gasteiger partial charge is 0.481 e. The normalized spacial score (nSPS) is 10.6. The number of carboxylic acid groups (broad SMARTS) is 1. The van der Waals surface area contributed by atoms with E-state index in [0.29, 0.717) is 16.5 Å². The number of aliphatic carboxylic acids is 1. The molecule has 0 aliphatic carbocycles. The van der Waals surface area contributed by atoms with Gasteiger partial charge in [-0.15, -0.1) is 5.10 Å². The molecule has 1 aromatic carbocycles. The topological polar surface area (TPSA) is 78.9 Å². The van der Waals surface area contributed by atoms with Crippen molar-refractivity contribution in [3.8, 4) is 11.4 Å². The number of aromatic nitrogens is 3. The second kappa shape index (κ2) is 5.36. The van der Waals surface area contributed by atoms with E-state index in [1.165, 1.54) is 18.2 Å². The predicted octanol–water partition coefficient (Wildman–Crippen LogP) is 2.44. The smallest absolute Gasteiger partial charge is 0.313 e. The van der Waals surface area contributed by atoms with E-state index in [0.717, 1.165) is 11.8 Å². The molecule has 5 nitrogen and oxygen atoms in total. The summed E-state index contributed by atoms with van der Waals surface area (Å²) in [5.41, 5.74) is 0.580. The number of hydrogen-bond donors (Lipinski definition) is 2. The van der Waals surface area contributed by atoms with Crippen LogP contribution in [0.3, 0.4) is 0 Å². The van der Waals surface area contributed by atoms with Gasteiger partial charge in [-0.1, -0.05) is 23.4 Å². The van der Waals surface area contributed by atoms with Crippen molar-refractivity contribution in [1.29, 1.82) is 0 Å². The number of H-pyrrole nitrogens is 1. The summed E-state index contributed by atoms with van der Waals surface area (Å²) >= 11 is 6.64. The molecule has 2 N–H and O–H groups in total. The Morgan fingerprint density at radius 2 is 2.33 bits per heavy atom. The summed E-state index contributed by atoms with van der Waals surface area (Å²) in [6.07, 6.45) is 0. The van der Waals surface area contributed by atoms with Crippen LogP contribution in [0.2, 0.25) is 5.02 Å². The summed E-state index contributed by atoms with van der Waals surface area (Å²) in [6, 6.07) is 4.15. The average Bonchev–Trinajstić information content (AvgIpc) is 2.79. The van der Waals surface area contributed by atoms with Gasteiger partial charge < -0.3 is 5.11 Å². The second-order valence-electron chi connectivity index (χ2n) is 3.28. The Bertz CT molecular complexity index is 590. The number of nitrogens with zero attached hydrogens (tertiary/aromatic N) is 2. The summed E-state index contributed by atoms with van der Waals surface area (Å²) in [6.45, 7) is 0. The van der Waals surface area contributed by atoms with Crippen molar-refractivity contribution < 1.29 is 14.3 Å². The van der Waals surface area contributed by atoms with Crippen LogP contribution in [0.4, 0.5) is 4.39 Å². The summed E-state index contributed by atoms with van der Waals surface area (Å²) in [7, 11) is 0. The van der Waals surface area contributed by atoms with Crippen molar-refractivity contribution in [2.45, 2.75) is 5.16 Å². The molecule has 94 valence electrons. The minimum Gasteiger partial charge on any atom is -0.481 e. The number of thioether (sulfide) groups is 1. The van der Waals surface area contributed by atoms with E-state index < -0.39 is 11.8 Å². The van der Waals surface area contributed by atoms with Crippen LogP contribution in [0.5, 0.6) is 0 Å². The molecule has 0 saturated carbocycles. The molecule has 2 rings (SSSR count). The highest BCUT2D eigenvalue weighted by Crippen LogP contribution is 2.23. The van der Waals surface area contributed by atoms with Crippen LogP contribution in [0, 0.1) is 5.82 Å². The van der Waals surface area contributed by atoms with Crippen molar-refractivity contribution >= 4 is 29.3 Å². The van der Waals surface area contributed by atoms with Crippen molar-refractivity contribution in [2.75, 3.05) is 5.75 Å². The van der Waals surface area contributed by atoms with Crippen LogP contribution < -0.4 is 0 Å². The molecule has 0 radical (unpaired) electrons. The van der Waals surface area contributed by atoms with Crippen LogP contribution in [0.15, 0.2) is 23.4 Å². The first-order valence-electron chi connectivity index (χ1n) is 4.78. The Labute approximate surface area is 110 Å². The van der Waals surface area contributed by atoms with Gasteiger partial charge in [0.15, 0.2) is 5.82 Å². The van der Waals surface area contributed by atoms with Crippen molar-refractivity contribution in [3.63, 3.8) is 0 Å². The highest BCUT2D eigenvalue weighted by atomic mass is 35.5. The number of hydrogen-bond acceptors (Lipinski definition) is 4. The molecule has 0 fully saturated rings. The number of rotatable bonds is 4. The highest BCUT2D eigenvalue weighted by molar-refractivity contribution is 7.99. The molecule has 0 spiro atoms. The highest BCUT2D eigenvalue weighted by Gasteiger charge is 2.09. The lowest BCUT2D eigenvalue weighted by Gasteiger charge is -1.97. The third-order valence-corrected chi connectivity index (χ3v) is 3.10. The summed E-state index contributed by atoms with van der Waals surface area (Å²) < 4.78 is 13.0. The summed E-state index contributed by atoms with van der Waals surface area (Å²) in [4.78, 5) is 14.5. The third-order valence-electron chi connectivity index (χ3n) is 1.98. The molecular weight excluding hydrogens is 281 g/mol. The molecule has 0 atom stereocenters. The van der Waals surface area contributed by atoms with Crippen molar-refractivity contribution in [1.82, 2.24) is 15.2 Å². The van der Waals surface area contributed by atoms with E-state index in [2.05, 4.69) is 15.2 Å². The molecule has 1 heterocycles. The predicted molar refractivity (Wildman–Crippen MR) is 65.1 cm³/mol. The van der Waals surface area contributed by atoms with E-state index in [1.54, 1.807) is 0 Å². The van der Waals surface area contributed by atoms with Gasteiger partial charge >= 0.3 is 5.97 Å². The molecule has 0 amide bonds. The summed E-state index contributed by atoms with van der Waals surface area (Å²) in [5, 5.41) is 15.3. The van der Waals surface area contributed by atoms with Gasteiger partial charge in [0, 0.05) is 5.56 Å². The van der Waals surface area contributed by atoms with Gasteiger partial charge in [-0.25, -0.2) is 9.37 Å². The summed E-state index contributed by atoms with van der Waals surface area (Å²) in [5.74, 6) is -1.18. The Kier molecular flexibility index (Phi) is 3.83. The molecule has 0 saturated heterocycles. The monoisotopic (exact) mass is 287 g/mol. The molecule has 0 bridgehead atoms. The van der Waals surface area contributed by atoms with Gasteiger partial charge in [0.05, 0.1) is 10.8 Å². The van der Waals surface area contributed by atoms with Gasteiger partial charge in [-0.3, -0.25) is 9.89 Å². The number of carboxylic acids is 1. The van der Waals surface area contributed by atoms with Crippen molar-refractivity contribution in [3.05, 3.63) is 29.0 Å². The average molecular weight is 288 g/mol. The molecule has 8 heteroatoms. The fourth-order valence-corrected chi connectivity index (χ4v) is 1.91. The number of benzene rings is 1. The lowest BCUT2D eigenvalue weighted by molar-refractivity contribution is -0.133. The molecule has 0 unspecified atom stereocenters. The lowest BCUT2D eigenvalue weighted by atomic mass is 10.2. The zero-order valence-electron chi connectivity index (χ0n) is 8.85. The molecule has 1 aromatic heterocycles. The molecule has 0 aliphatic rings. The van der Waals surface area contributed by atoms with Crippen LogP contribution in [-0.4, -0.2) is 32.0 Å². The molecular formula is C10H7ClFN3O2S. The SMILES string of the molecule is O=C(O)CSc1n[nH]c(-c2ccc(F)c(Cl)c2)n1. The Hall–Kier alpha value is -1.60. The maximum atomic E-state index is 13.0. The first kappa shape index (κ1) is 12.8. The van der Waals surface area contributed by atoms with E-state index in [4.69, 9.17) is 16.7 Å². The Morgan fingerprint density at radius 3 is 3.00 bits per heavy atom. The lowest BCUT2D eigenvalue weighted by Crippen LogP contribution is -1.97. The van der Waals surface area contributed by atoms with E-state index in [9.17, 15) is 9.18 Å². The fraction of sp³-hybridized carbons (Fsp3) is 0.100. The van der Waals surface area contributed by atoms with E-state index in [1.807, 2.05) is 0 Å². The molecule has 18 heavy (non-hydrogen) atoms. The second-order valence-corrected chi connectivity index (χ2v) is 4.63. The van der Waals surface area contributed by atoms with Crippen LogP contribution in [0.25, 0.3) is 11.4 Å². The zero-order valence-corrected chi connectivity index (χ0v) is 10.4. The van der Waals surface area contributed by atoms with Crippen LogP contribution in [0.1, 0.15) is 0 Å². The van der Waals surface area contributed by atoms with Crippen LogP contribution >= 0.6 is 23.4 Å². The van der Waals surface area contributed by atoms with Gasteiger partial charge in [0.25, 0.3) is 0 Å². The standard InChI is InChI=1S/C10H7ClFN3O2S/c11-6-3-5(1-2-7(6)12)9-13-10(15-14-9)18-4-8(16)17/h1-3H,4H2,(H,16,17)(H,13,14,15). The van der Waals surface area contributed by atoms with E-state index >= 15 is 0 Å². The number of nitrogens with one attached hydrogen (secondary N) is 1. The van der Waals surface area contributed by atoms with Crippen LogP contribution in [-0.2, 0) is 4.79 Å². The number of halogens is 2. The minimum atomic E-state index is -0.948. The van der Waals surface area contributed by atoms with Gasteiger partial charge in [0.2, 0.25) is 5.16 Å². The fourth-order valence-electron chi connectivity index (χ4n) is 1.21. The molecule has 2 aromatic rings. The van der Waals surface area contributed by atoms with E-state index in [-0.39, 0.29) is 10.8 Å². The third kappa shape index (κ3) is 2.99. The van der Waals surface area contributed by atoms with Gasteiger partial charge in [-0.2, -0.15) is 0 Å². The Balaban J connectivity index is 2.18. The number of aromatic amines is 1. The van der Waals surface area contributed by atoms with Gasteiger partial charge in [-0.05, 0) is 18.2 Å². The van der Waals surface area contributed by atoms with Gasteiger partial charge in [0.1, 0.15) is 5.82 Å². The number of carbonyl (C=O) groups is 1. The maximum Gasteiger partial charge on any atom is 0.313 e. The zero-order chi connectivity index (χ0) is 13.1. The van der Waals surface area contributed by atoms with Crippen molar-refractivity contribution in [2.24, 2.45) is 0 Å². The first-order valence-corrected chi connectivity index (χ1v) is 6.15. The Morgan fingerprint density at radius 1 is 1.56 bits per heavy atom. The molecule has 0 aliphatic heterocycles. The first-order chi connectivity index (χ1) is 8.56. The maximum absolute atomic E-state index is 13.0. The minimum absolute atomic E-state index is 0.0105. The quantitative estimate of drug-likeness (QED) is 0.845.